The molecule has 1 aromatic heterocycles. The minimum atomic E-state index is -0.523. The molecule has 0 bridgehead atoms. The average molecular weight is 435 g/mol. The van der Waals surface area contributed by atoms with Gasteiger partial charge in [0.05, 0.1) is 18.6 Å². The number of ether oxygens (including phenoxy) is 1. The number of anilines is 1. The highest BCUT2D eigenvalue weighted by molar-refractivity contribution is 7.10. The van der Waals surface area contributed by atoms with Crippen LogP contribution in [0.4, 0.5) is 5.69 Å². The minimum Gasteiger partial charge on any atom is -0.383 e. The standard InChI is InChI=1S/C25H26N2O3S/c1-16-13-17(2)15-18(14-16)26-24(28)22-19-7-4-5-8-20(19)25(29)27(10-11-30-3)23(22)21-9-6-12-31-21/h4-9,12-15,22-23H,10-11H2,1-3H3,(H,26,28)/t22-,23+/m0/s1. The molecule has 6 heteroatoms. The largest absolute Gasteiger partial charge is 0.383 e. The fourth-order valence-electron chi connectivity index (χ4n) is 4.35. The van der Waals surface area contributed by atoms with Gasteiger partial charge >= 0.3 is 0 Å². The molecule has 0 radical (unpaired) electrons. The van der Waals surface area contributed by atoms with Gasteiger partial charge in [-0.15, -0.1) is 11.3 Å². The summed E-state index contributed by atoms with van der Waals surface area (Å²) in [5.74, 6) is -0.711. The van der Waals surface area contributed by atoms with Crippen molar-refractivity contribution in [2.75, 3.05) is 25.6 Å². The van der Waals surface area contributed by atoms with Crippen LogP contribution in [0.2, 0.25) is 0 Å². The Morgan fingerprint density at radius 1 is 1.10 bits per heavy atom. The number of carbonyl (C=O) groups excluding carboxylic acids is 2. The highest BCUT2D eigenvalue weighted by Gasteiger charge is 2.44. The van der Waals surface area contributed by atoms with E-state index < -0.39 is 5.92 Å². The molecule has 3 aromatic rings. The maximum absolute atomic E-state index is 13.7. The highest BCUT2D eigenvalue weighted by Crippen LogP contribution is 2.44. The van der Waals surface area contributed by atoms with Gasteiger partial charge < -0.3 is 15.0 Å². The van der Waals surface area contributed by atoms with Crippen LogP contribution in [0.15, 0.2) is 60.0 Å². The van der Waals surface area contributed by atoms with Gasteiger partial charge in [-0.3, -0.25) is 9.59 Å². The summed E-state index contributed by atoms with van der Waals surface area (Å²) in [5.41, 5.74) is 4.29. The first-order valence-corrected chi connectivity index (χ1v) is 11.2. The Labute approximate surface area is 186 Å². The van der Waals surface area contributed by atoms with E-state index in [2.05, 4.69) is 11.4 Å². The number of methoxy groups -OCH3 is 1. The zero-order valence-electron chi connectivity index (χ0n) is 17.9. The van der Waals surface area contributed by atoms with Crippen LogP contribution in [0.5, 0.6) is 0 Å². The maximum atomic E-state index is 13.7. The number of nitrogens with one attached hydrogen (secondary N) is 1. The Hall–Kier alpha value is -2.96. The Morgan fingerprint density at radius 2 is 1.84 bits per heavy atom. The molecule has 5 nitrogen and oxygen atoms in total. The first kappa shape index (κ1) is 21.3. The number of fused-ring (bicyclic) bond motifs is 1. The van der Waals surface area contributed by atoms with Crippen molar-refractivity contribution in [1.29, 1.82) is 0 Å². The number of nitrogens with zero attached hydrogens (tertiary/aromatic N) is 1. The highest BCUT2D eigenvalue weighted by atomic mass is 32.1. The molecular formula is C25H26N2O3S. The van der Waals surface area contributed by atoms with Crippen LogP contribution in [-0.4, -0.2) is 37.0 Å². The number of hydrogen-bond acceptors (Lipinski definition) is 4. The molecule has 160 valence electrons. The first-order valence-electron chi connectivity index (χ1n) is 10.3. The monoisotopic (exact) mass is 434 g/mol. The second-order valence-electron chi connectivity index (χ2n) is 7.88. The molecule has 31 heavy (non-hydrogen) atoms. The van der Waals surface area contributed by atoms with Gasteiger partial charge in [0.15, 0.2) is 0 Å². The summed E-state index contributed by atoms with van der Waals surface area (Å²) >= 11 is 1.56. The van der Waals surface area contributed by atoms with E-state index >= 15 is 0 Å². The van der Waals surface area contributed by atoms with Crippen molar-refractivity contribution in [2.24, 2.45) is 0 Å². The molecule has 1 N–H and O–H groups in total. The number of amides is 2. The van der Waals surface area contributed by atoms with Crippen LogP contribution in [0, 0.1) is 13.8 Å². The van der Waals surface area contributed by atoms with E-state index in [1.165, 1.54) is 0 Å². The van der Waals surface area contributed by atoms with Crippen molar-refractivity contribution in [3.05, 3.63) is 87.1 Å². The second-order valence-corrected chi connectivity index (χ2v) is 8.86. The van der Waals surface area contributed by atoms with Crippen molar-refractivity contribution in [1.82, 2.24) is 4.90 Å². The number of hydrogen-bond donors (Lipinski definition) is 1. The fourth-order valence-corrected chi connectivity index (χ4v) is 5.23. The Morgan fingerprint density at radius 3 is 2.52 bits per heavy atom. The van der Waals surface area contributed by atoms with Gasteiger partial charge in [-0.05, 0) is 60.2 Å². The smallest absolute Gasteiger partial charge is 0.254 e. The van der Waals surface area contributed by atoms with Gasteiger partial charge in [0.25, 0.3) is 5.91 Å². The average Bonchev–Trinajstić information content (AvgIpc) is 3.26. The molecule has 0 unspecified atom stereocenters. The molecule has 4 rings (SSSR count). The molecule has 1 aliphatic rings. The maximum Gasteiger partial charge on any atom is 0.254 e. The number of thiophene rings is 1. The van der Waals surface area contributed by atoms with Crippen LogP contribution < -0.4 is 5.32 Å². The van der Waals surface area contributed by atoms with E-state index in [0.29, 0.717) is 18.7 Å². The molecule has 0 saturated heterocycles. The fraction of sp³-hybridized carbons (Fsp3) is 0.280. The van der Waals surface area contributed by atoms with Gasteiger partial charge in [0.1, 0.15) is 0 Å². The number of aryl methyl sites for hydroxylation is 2. The Bertz CT molecular complexity index is 1070. The van der Waals surface area contributed by atoms with Crippen molar-refractivity contribution in [3.63, 3.8) is 0 Å². The molecule has 0 spiro atoms. The molecule has 2 atom stereocenters. The lowest BCUT2D eigenvalue weighted by Gasteiger charge is -2.41. The molecule has 0 aliphatic carbocycles. The van der Waals surface area contributed by atoms with Gasteiger partial charge in [-0.1, -0.05) is 30.3 Å². The van der Waals surface area contributed by atoms with Crippen molar-refractivity contribution >= 4 is 28.8 Å². The molecular weight excluding hydrogens is 408 g/mol. The van der Waals surface area contributed by atoms with Crippen LogP contribution in [-0.2, 0) is 9.53 Å². The second kappa shape index (κ2) is 9.04. The third-order valence-corrected chi connectivity index (χ3v) is 6.52. The first-order chi connectivity index (χ1) is 15.0. The lowest BCUT2D eigenvalue weighted by molar-refractivity contribution is -0.119. The molecule has 2 aromatic carbocycles. The lowest BCUT2D eigenvalue weighted by atomic mass is 9.81. The van der Waals surface area contributed by atoms with Crippen LogP contribution in [0.3, 0.4) is 0 Å². The molecule has 0 fully saturated rings. The molecule has 0 saturated carbocycles. The van der Waals surface area contributed by atoms with E-state index in [-0.39, 0.29) is 17.9 Å². The Kier molecular flexibility index (Phi) is 6.20. The van der Waals surface area contributed by atoms with Crippen LogP contribution in [0.1, 0.15) is 43.9 Å². The normalized spacial score (nSPS) is 18.0. The van der Waals surface area contributed by atoms with Crippen molar-refractivity contribution in [3.8, 4) is 0 Å². The molecule has 1 aliphatic heterocycles. The minimum absolute atomic E-state index is 0.0681. The van der Waals surface area contributed by atoms with E-state index in [1.54, 1.807) is 29.4 Å². The summed E-state index contributed by atoms with van der Waals surface area (Å²) in [6.07, 6.45) is 0. The predicted octanol–water partition coefficient (Wildman–Crippen LogP) is 4.93. The number of carbonyl (C=O) groups is 2. The summed E-state index contributed by atoms with van der Waals surface area (Å²) in [5, 5.41) is 5.09. The number of rotatable bonds is 6. The van der Waals surface area contributed by atoms with E-state index in [4.69, 9.17) is 4.74 Å². The van der Waals surface area contributed by atoms with Gasteiger partial charge in [-0.2, -0.15) is 0 Å². The zero-order chi connectivity index (χ0) is 22.0. The van der Waals surface area contributed by atoms with Crippen LogP contribution in [0.25, 0.3) is 0 Å². The van der Waals surface area contributed by atoms with E-state index in [9.17, 15) is 9.59 Å². The summed E-state index contributed by atoms with van der Waals surface area (Å²) in [6, 6.07) is 17.0. The van der Waals surface area contributed by atoms with Gasteiger partial charge in [0, 0.05) is 29.8 Å². The van der Waals surface area contributed by atoms with Crippen LogP contribution >= 0.6 is 11.3 Å². The zero-order valence-corrected chi connectivity index (χ0v) is 18.7. The SMILES string of the molecule is COCCN1C(=O)c2ccccc2[C@H](C(=O)Nc2cc(C)cc(C)c2)[C@H]1c1cccs1. The lowest BCUT2D eigenvalue weighted by Crippen LogP contribution is -2.47. The topological polar surface area (TPSA) is 58.6 Å². The summed E-state index contributed by atoms with van der Waals surface area (Å²) < 4.78 is 5.27. The quantitative estimate of drug-likeness (QED) is 0.598. The third kappa shape index (κ3) is 4.27. The third-order valence-electron chi connectivity index (χ3n) is 5.58. The van der Waals surface area contributed by atoms with E-state index in [0.717, 1.165) is 27.3 Å². The van der Waals surface area contributed by atoms with Gasteiger partial charge in [-0.25, -0.2) is 0 Å². The number of benzene rings is 2. The Balaban J connectivity index is 1.80. The molecule has 2 amide bonds. The molecule has 2 heterocycles. The summed E-state index contributed by atoms with van der Waals surface area (Å²) in [7, 11) is 1.62. The van der Waals surface area contributed by atoms with Crippen molar-refractivity contribution < 1.29 is 14.3 Å². The summed E-state index contributed by atoms with van der Waals surface area (Å²) in [6.45, 7) is 4.84. The predicted molar refractivity (Wildman–Crippen MR) is 124 cm³/mol. The van der Waals surface area contributed by atoms with Gasteiger partial charge in [0.2, 0.25) is 5.91 Å². The summed E-state index contributed by atoms with van der Waals surface area (Å²) in [4.78, 5) is 29.9. The van der Waals surface area contributed by atoms with Crippen molar-refractivity contribution in [2.45, 2.75) is 25.8 Å². The van der Waals surface area contributed by atoms with E-state index in [1.807, 2.05) is 61.7 Å².